The molecular weight excluding hydrogens is 216 g/mol. The van der Waals surface area contributed by atoms with Gasteiger partial charge in [0.1, 0.15) is 0 Å². The van der Waals surface area contributed by atoms with Crippen LogP contribution in [-0.2, 0) is 17.9 Å². The van der Waals surface area contributed by atoms with Gasteiger partial charge in [-0.1, -0.05) is 6.92 Å². The van der Waals surface area contributed by atoms with Crippen molar-refractivity contribution in [2.45, 2.75) is 46.3 Å². The van der Waals surface area contributed by atoms with E-state index < -0.39 is 0 Å². The van der Waals surface area contributed by atoms with E-state index in [1.54, 1.807) is 0 Å². The van der Waals surface area contributed by atoms with Crippen LogP contribution in [0.5, 0.6) is 0 Å². The third kappa shape index (κ3) is 4.56. The average molecular weight is 238 g/mol. The van der Waals surface area contributed by atoms with Gasteiger partial charge in [-0.25, -0.2) is 0 Å². The summed E-state index contributed by atoms with van der Waals surface area (Å²) in [5.41, 5.74) is 1.10. The Morgan fingerprint density at radius 1 is 1.53 bits per heavy atom. The molecule has 17 heavy (non-hydrogen) atoms. The number of carbonyl (C=O) groups excluding carboxylic acids is 1. The van der Waals surface area contributed by atoms with Crippen LogP contribution in [0.4, 0.5) is 0 Å². The first-order valence-corrected chi connectivity index (χ1v) is 6.19. The lowest BCUT2D eigenvalue weighted by Gasteiger charge is -2.12. The van der Waals surface area contributed by atoms with Crippen LogP contribution in [-0.4, -0.2) is 28.3 Å². The minimum Gasteiger partial charge on any atom is -0.355 e. The van der Waals surface area contributed by atoms with Crippen molar-refractivity contribution in [3.63, 3.8) is 0 Å². The fraction of sp³-hybridized carbons (Fsp3) is 0.667. The summed E-state index contributed by atoms with van der Waals surface area (Å²) in [7, 11) is 0. The molecule has 0 aliphatic heterocycles. The molecule has 0 fully saturated rings. The van der Waals surface area contributed by atoms with E-state index in [0.717, 1.165) is 25.1 Å². The highest BCUT2D eigenvalue weighted by molar-refractivity contribution is 5.81. The molecule has 1 amide bonds. The van der Waals surface area contributed by atoms with Gasteiger partial charge in [-0.15, -0.1) is 0 Å². The SMILES string of the molecule is CCCNC(=O)C(C)NCc1cnn(CC)c1. The fourth-order valence-electron chi connectivity index (χ4n) is 1.44. The lowest BCUT2D eigenvalue weighted by molar-refractivity contribution is -0.122. The topological polar surface area (TPSA) is 59.0 Å². The van der Waals surface area contributed by atoms with E-state index in [4.69, 9.17) is 0 Å². The van der Waals surface area contributed by atoms with Gasteiger partial charge < -0.3 is 10.6 Å². The van der Waals surface area contributed by atoms with Gasteiger partial charge >= 0.3 is 0 Å². The van der Waals surface area contributed by atoms with Crippen molar-refractivity contribution in [3.8, 4) is 0 Å². The summed E-state index contributed by atoms with van der Waals surface area (Å²) in [5.74, 6) is 0.0507. The molecule has 1 unspecified atom stereocenters. The van der Waals surface area contributed by atoms with Gasteiger partial charge in [-0.05, 0) is 20.3 Å². The van der Waals surface area contributed by atoms with Gasteiger partial charge in [-0.3, -0.25) is 9.48 Å². The average Bonchev–Trinajstić information content (AvgIpc) is 2.80. The largest absolute Gasteiger partial charge is 0.355 e. The minimum absolute atomic E-state index is 0.0507. The molecule has 96 valence electrons. The molecule has 1 heterocycles. The van der Waals surface area contributed by atoms with Crippen molar-refractivity contribution in [2.75, 3.05) is 6.54 Å². The van der Waals surface area contributed by atoms with Crippen LogP contribution < -0.4 is 10.6 Å². The number of amides is 1. The molecule has 0 radical (unpaired) electrons. The Hall–Kier alpha value is -1.36. The van der Waals surface area contributed by atoms with E-state index in [-0.39, 0.29) is 11.9 Å². The van der Waals surface area contributed by atoms with Crippen molar-refractivity contribution in [3.05, 3.63) is 18.0 Å². The van der Waals surface area contributed by atoms with E-state index in [0.29, 0.717) is 6.54 Å². The standard InChI is InChI=1S/C12H22N4O/c1-4-6-13-12(17)10(3)14-7-11-8-15-16(5-2)9-11/h8-10,14H,4-7H2,1-3H3,(H,13,17). The maximum atomic E-state index is 11.6. The molecule has 2 N–H and O–H groups in total. The molecule has 0 aliphatic rings. The number of rotatable bonds is 7. The fourth-order valence-corrected chi connectivity index (χ4v) is 1.44. The lowest BCUT2D eigenvalue weighted by Crippen LogP contribution is -2.42. The normalized spacial score (nSPS) is 12.4. The second-order valence-corrected chi connectivity index (χ2v) is 4.10. The molecular formula is C12H22N4O. The van der Waals surface area contributed by atoms with Gasteiger partial charge in [0.2, 0.25) is 5.91 Å². The Balaban J connectivity index is 2.31. The van der Waals surface area contributed by atoms with E-state index in [9.17, 15) is 4.79 Å². The van der Waals surface area contributed by atoms with Gasteiger partial charge in [0.15, 0.2) is 0 Å². The molecule has 1 atom stereocenters. The molecule has 0 aliphatic carbocycles. The molecule has 5 heteroatoms. The maximum Gasteiger partial charge on any atom is 0.236 e. The molecule has 0 saturated carbocycles. The summed E-state index contributed by atoms with van der Waals surface area (Å²) in [6, 6.07) is -0.175. The van der Waals surface area contributed by atoms with Gasteiger partial charge in [0.25, 0.3) is 0 Å². The first-order valence-electron chi connectivity index (χ1n) is 6.19. The molecule has 0 spiro atoms. The van der Waals surface area contributed by atoms with Crippen LogP contribution in [0.3, 0.4) is 0 Å². The van der Waals surface area contributed by atoms with E-state index >= 15 is 0 Å². The van der Waals surface area contributed by atoms with Crippen LogP contribution in [0.25, 0.3) is 0 Å². The zero-order valence-corrected chi connectivity index (χ0v) is 10.9. The zero-order valence-electron chi connectivity index (χ0n) is 10.9. The van der Waals surface area contributed by atoms with Crippen LogP contribution >= 0.6 is 0 Å². The highest BCUT2D eigenvalue weighted by Gasteiger charge is 2.11. The predicted molar refractivity (Wildman–Crippen MR) is 67.5 cm³/mol. The highest BCUT2D eigenvalue weighted by atomic mass is 16.2. The Morgan fingerprint density at radius 2 is 2.29 bits per heavy atom. The second-order valence-electron chi connectivity index (χ2n) is 4.10. The van der Waals surface area contributed by atoms with Gasteiger partial charge in [0, 0.05) is 31.4 Å². The Morgan fingerprint density at radius 3 is 2.88 bits per heavy atom. The number of hydrogen-bond acceptors (Lipinski definition) is 3. The third-order valence-electron chi connectivity index (χ3n) is 2.57. The molecule has 1 rings (SSSR count). The quantitative estimate of drug-likeness (QED) is 0.742. The number of carbonyl (C=O) groups is 1. The first kappa shape index (κ1) is 13.7. The Kier molecular flexibility index (Phi) is 5.69. The van der Waals surface area contributed by atoms with E-state index in [1.807, 2.05) is 37.8 Å². The molecule has 1 aromatic rings. The number of nitrogens with zero attached hydrogens (tertiary/aromatic N) is 2. The van der Waals surface area contributed by atoms with Crippen molar-refractivity contribution in [1.82, 2.24) is 20.4 Å². The zero-order chi connectivity index (χ0) is 12.7. The third-order valence-corrected chi connectivity index (χ3v) is 2.57. The smallest absolute Gasteiger partial charge is 0.236 e. The highest BCUT2D eigenvalue weighted by Crippen LogP contribution is 1.97. The van der Waals surface area contributed by atoms with Crippen molar-refractivity contribution in [1.29, 1.82) is 0 Å². The molecule has 5 nitrogen and oxygen atoms in total. The first-order chi connectivity index (χ1) is 8.17. The summed E-state index contributed by atoms with van der Waals surface area (Å²) < 4.78 is 1.87. The van der Waals surface area contributed by atoms with Crippen LogP contribution in [0.15, 0.2) is 12.4 Å². The van der Waals surface area contributed by atoms with Crippen molar-refractivity contribution in [2.24, 2.45) is 0 Å². The Bertz CT molecular complexity index is 348. The molecule has 0 aromatic carbocycles. The summed E-state index contributed by atoms with van der Waals surface area (Å²) in [6.45, 7) is 8.23. The molecule has 0 bridgehead atoms. The minimum atomic E-state index is -0.175. The molecule has 0 saturated heterocycles. The predicted octanol–water partition coefficient (Wildman–Crippen LogP) is 0.907. The van der Waals surface area contributed by atoms with Crippen molar-refractivity contribution < 1.29 is 4.79 Å². The number of aryl methyl sites for hydroxylation is 1. The van der Waals surface area contributed by atoms with E-state index in [2.05, 4.69) is 15.7 Å². The summed E-state index contributed by atoms with van der Waals surface area (Å²) >= 11 is 0. The van der Waals surface area contributed by atoms with Gasteiger partial charge in [0.05, 0.1) is 12.2 Å². The Labute approximate surface area is 103 Å². The number of aromatic nitrogens is 2. The lowest BCUT2D eigenvalue weighted by atomic mass is 10.2. The van der Waals surface area contributed by atoms with Crippen LogP contribution in [0.2, 0.25) is 0 Å². The monoisotopic (exact) mass is 238 g/mol. The van der Waals surface area contributed by atoms with Crippen molar-refractivity contribution >= 4 is 5.91 Å². The number of hydrogen-bond donors (Lipinski definition) is 2. The van der Waals surface area contributed by atoms with Crippen LogP contribution in [0, 0.1) is 0 Å². The van der Waals surface area contributed by atoms with E-state index in [1.165, 1.54) is 0 Å². The maximum absolute atomic E-state index is 11.6. The number of nitrogens with one attached hydrogen (secondary N) is 2. The second kappa shape index (κ2) is 7.06. The van der Waals surface area contributed by atoms with Gasteiger partial charge in [-0.2, -0.15) is 5.10 Å². The van der Waals surface area contributed by atoms with Crippen LogP contribution in [0.1, 0.15) is 32.8 Å². The summed E-state index contributed by atoms with van der Waals surface area (Å²) in [6.07, 6.45) is 4.78. The summed E-state index contributed by atoms with van der Waals surface area (Å²) in [5, 5.41) is 10.2. The summed E-state index contributed by atoms with van der Waals surface area (Å²) in [4.78, 5) is 11.6. The molecule has 1 aromatic heterocycles.